The van der Waals surface area contributed by atoms with Crippen LogP contribution in [0.5, 0.6) is 0 Å². The largest absolute Gasteiger partial charge is 0.463 e. The van der Waals surface area contributed by atoms with Crippen LogP contribution in [-0.4, -0.2) is 29.9 Å². The van der Waals surface area contributed by atoms with Gasteiger partial charge in [-0.1, -0.05) is 6.07 Å². The van der Waals surface area contributed by atoms with Crippen molar-refractivity contribution in [1.29, 1.82) is 0 Å². The molecule has 19 heavy (non-hydrogen) atoms. The highest BCUT2D eigenvalue weighted by molar-refractivity contribution is 7.09. The van der Waals surface area contributed by atoms with E-state index in [1.54, 1.807) is 23.2 Å². The molecule has 2 heterocycles. The minimum Gasteiger partial charge on any atom is -0.463 e. The fourth-order valence-corrected chi connectivity index (χ4v) is 2.83. The molecule has 0 bridgehead atoms. The number of allylic oxidation sites excluding steroid dienone is 1. The Balaban J connectivity index is 2.04. The van der Waals surface area contributed by atoms with Gasteiger partial charge in [-0.2, -0.15) is 0 Å². The smallest absolute Gasteiger partial charge is 0.336 e. The van der Waals surface area contributed by atoms with Gasteiger partial charge in [-0.25, -0.2) is 4.79 Å². The van der Waals surface area contributed by atoms with Gasteiger partial charge in [0.1, 0.15) is 0 Å². The van der Waals surface area contributed by atoms with Gasteiger partial charge in [-0.3, -0.25) is 4.79 Å². The molecule has 0 radical (unpaired) electrons. The molecule has 0 N–H and O–H groups in total. The average molecular weight is 279 g/mol. The number of hydrogen-bond donors (Lipinski definition) is 0. The number of hydrogen-bond acceptors (Lipinski definition) is 4. The van der Waals surface area contributed by atoms with Crippen molar-refractivity contribution in [2.45, 2.75) is 26.7 Å². The summed E-state index contributed by atoms with van der Waals surface area (Å²) in [4.78, 5) is 26.6. The third-order valence-corrected chi connectivity index (χ3v) is 4.09. The van der Waals surface area contributed by atoms with E-state index in [-0.39, 0.29) is 18.3 Å². The Hall–Kier alpha value is -1.62. The highest BCUT2D eigenvalue weighted by Crippen LogP contribution is 2.25. The minimum absolute atomic E-state index is 0.0166. The maximum absolute atomic E-state index is 11.9. The summed E-state index contributed by atoms with van der Waals surface area (Å²) in [6.45, 7) is 4.53. The maximum Gasteiger partial charge on any atom is 0.336 e. The van der Waals surface area contributed by atoms with Crippen LogP contribution in [-0.2, 0) is 20.7 Å². The normalized spacial score (nSPS) is 15.3. The van der Waals surface area contributed by atoms with Crippen molar-refractivity contribution >= 4 is 23.2 Å². The van der Waals surface area contributed by atoms with Crippen molar-refractivity contribution in [3.05, 3.63) is 33.7 Å². The van der Waals surface area contributed by atoms with Crippen LogP contribution >= 0.6 is 11.3 Å². The number of esters is 1. The van der Waals surface area contributed by atoms with Crippen LogP contribution in [0.15, 0.2) is 28.8 Å². The fraction of sp³-hybridized carbons (Fsp3) is 0.429. The van der Waals surface area contributed by atoms with E-state index in [4.69, 9.17) is 4.74 Å². The Morgan fingerprint density at radius 1 is 1.53 bits per heavy atom. The Kier molecular flexibility index (Phi) is 4.37. The lowest BCUT2D eigenvalue weighted by molar-refractivity contribution is -0.139. The van der Waals surface area contributed by atoms with E-state index in [0.29, 0.717) is 18.7 Å². The van der Waals surface area contributed by atoms with Gasteiger partial charge in [0.05, 0.1) is 18.6 Å². The van der Waals surface area contributed by atoms with Gasteiger partial charge < -0.3 is 9.64 Å². The number of ether oxygens (including phenoxy) is 1. The summed E-state index contributed by atoms with van der Waals surface area (Å²) in [5.41, 5.74) is 1.23. The SMILES string of the molecule is CCOC(=O)C1=C(C)N(CCc2cccs2)C(=O)C1. The Morgan fingerprint density at radius 3 is 2.95 bits per heavy atom. The van der Waals surface area contributed by atoms with E-state index in [1.807, 2.05) is 18.4 Å². The standard InChI is InChI=1S/C14H17NO3S/c1-3-18-14(17)12-9-13(16)15(10(12)2)7-6-11-5-4-8-19-11/h4-5,8H,3,6-7,9H2,1-2H3. The molecule has 0 fully saturated rings. The molecule has 0 aromatic carbocycles. The van der Waals surface area contributed by atoms with E-state index >= 15 is 0 Å². The zero-order chi connectivity index (χ0) is 13.8. The van der Waals surface area contributed by atoms with Crippen LogP contribution in [0.3, 0.4) is 0 Å². The summed E-state index contributed by atoms with van der Waals surface area (Å²) in [6.07, 6.45) is 0.978. The maximum atomic E-state index is 11.9. The molecule has 4 nitrogen and oxygen atoms in total. The molecule has 1 aromatic rings. The number of carbonyl (C=O) groups is 2. The third-order valence-electron chi connectivity index (χ3n) is 3.15. The van der Waals surface area contributed by atoms with Crippen molar-refractivity contribution in [2.24, 2.45) is 0 Å². The predicted octanol–water partition coefficient (Wildman–Crippen LogP) is 2.36. The minimum atomic E-state index is -0.369. The molecular weight excluding hydrogens is 262 g/mol. The highest BCUT2D eigenvalue weighted by Gasteiger charge is 2.31. The fourth-order valence-electron chi connectivity index (χ4n) is 2.13. The number of amides is 1. The van der Waals surface area contributed by atoms with Crippen LogP contribution in [0.25, 0.3) is 0 Å². The second-order valence-electron chi connectivity index (χ2n) is 4.34. The van der Waals surface area contributed by atoms with Gasteiger partial charge >= 0.3 is 5.97 Å². The summed E-state index contributed by atoms with van der Waals surface area (Å²) in [5.74, 6) is -0.385. The van der Waals surface area contributed by atoms with E-state index < -0.39 is 0 Å². The number of carbonyl (C=O) groups excluding carboxylic acids is 2. The second kappa shape index (κ2) is 6.02. The Labute approximate surface area is 116 Å². The molecule has 1 aromatic heterocycles. The molecular formula is C14H17NO3S. The lowest BCUT2D eigenvalue weighted by Gasteiger charge is -2.17. The zero-order valence-electron chi connectivity index (χ0n) is 11.1. The highest BCUT2D eigenvalue weighted by atomic mass is 32.1. The van der Waals surface area contributed by atoms with E-state index in [1.165, 1.54) is 4.88 Å². The molecule has 0 atom stereocenters. The Morgan fingerprint density at radius 2 is 2.32 bits per heavy atom. The molecule has 1 aliphatic rings. The van der Waals surface area contributed by atoms with Crippen LogP contribution in [0.1, 0.15) is 25.1 Å². The van der Waals surface area contributed by atoms with Crippen molar-refractivity contribution < 1.29 is 14.3 Å². The first-order valence-corrected chi connectivity index (χ1v) is 7.21. The molecule has 0 saturated heterocycles. The van der Waals surface area contributed by atoms with Crippen molar-refractivity contribution in [2.75, 3.05) is 13.2 Å². The van der Waals surface area contributed by atoms with Crippen molar-refractivity contribution in [1.82, 2.24) is 4.90 Å². The van der Waals surface area contributed by atoms with E-state index in [2.05, 4.69) is 6.07 Å². The van der Waals surface area contributed by atoms with Crippen LogP contribution in [0, 0.1) is 0 Å². The van der Waals surface area contributed by atoms with Gasteiger partial charge in [0.25, 0.3) is 0 Å². The molecule has 2 rings (SSSR count). The molecule has 5 heteroatoms. The first kappa shape index (κ1) is 13.8. The molecule has 1 aliphatic heterocycles. The first-order chi connectivity index (χ1) is 9.13. The molecule has 102 valence electrons. The summed E-state index contributed by atoms with van der Waals surface area (Å²) < 4.78 is 4.97. The number of thiophene rings is 1. The monoisotopic (exact) mass is 279 g/mol. The van der Waals surface area contributed by atoms with Crippen LogP contribution in [0.4, 0.5) is 0 Å². The molecule has 0 spiro atoms. The van der Waals surface area contributed by atoms with E-state index in [9.17, 15) is 9.59 Å². The summed E-state index contributed by atoms with van der Waals surface area (Å²) in [6, 6.07) is 4.05. The third kappa shape index (κ3) is 3.04. The van der Waals surface area contributed by atoms with Gasteiger partial charge in [0.2, 0.25) is 5.91 Å². The van der Waals surface area contributed by atoms with Gasteiger partial charge in [0, 0.05) is 17.1 Å². The number of rotatable bonds is 5. The molecule has 0 unspecified atom stereocenters. The lowest BCUT2D eigenvalue weighted by Crippen LogP contribution is -2.26. The lowest BCUT2D eigenvalue weighted by atomic mass is 10.2. The predicted molar refractivity (Wildman–Crippen MR) is 73.7 cm³/mol. The quantitative estimate of drug-likeness (QED) is 0.777. The Bertz CT molecular complexity index is 505. The van der Waals surface area contributed by atoms with Crippen molar-refractivity contribution in [3.63, 3.8) is 0 Å². The zero-order valence-corrected chi connectivity index (χ0v) is 12.0. The molecule has 0 aliphatic carbocycles. The van der Waals surface area contributed by atoms with Crippen LogP contribution in [0.2, 0.25) is 0 Å². The number of nitrogens with zero attached hydrogens (tertiary/aromatic N) is 1. The van der Waals surface area contributed by atoms with Gasteiger partial charge in [0.15, 0.2) is 0 Å². The summed E-state index contributed by atoms with van der Waals surface area (Å²) in [7, 11) is 0. The van der Waals surface area contributed by atoms with Crippen molar-refractivity contribution in [3.8, 4) is 0 Å². The molecule has 1 amide bonds. The topological polar surface area (TPSA) is 46.6 Å². The average Bonchev–Trinajstić information content (AvgIpc) is 2.97. The summed E-state index contributed by atoms with van der Waals surface area (Å²) >= 11 is 1.68. The van der Waals surface area contributed by atoms with Gasteiger partial charge in [-0.05, 0) is 31.7 Å². The second-order valence-corrected chi connectivity index (χ2v) is 5.37. The first-order valence-electron chi connectivity index (χ1n) is 6.33. The molecule has 0 saturated carbocycles. The van der Waals surface area contributed by atoms with Gasteiger partial charge in [-0.15, -0.1) is 11.3 Å². The van der Waals surface area contributed by atoms with Crippen LogP contribution < -0.4 is 0 Å². The van der Waals surface area contributed by atoms with E-state index in [0.717, 1.165) is 12.1 Å². The summed E-state index contributed by atoms with van der Waals surface area (Å²) in [5, 5.41) is 2.02.